The molecule has 0 saturated heterocycles. The Morgan fingerprint density at radius 2 is 1.87 bits per heavy atom. The summed E-state index contributed by atoms with van der Waals surface area (Å²) in [7, 11) is 0. The zero-order chi connectivity index (χ0) is 10.3. The summed E-state index contributed by atoms with van der Waals surface area (Å²) in [5, 5.41) is 4.89. The Bertz CT molecular complexity index is 493. The molecule has 4 nitrogen and oxygen atoms in total. The van der Waals surface area contributed by atoms with Gasteiger partial charge in [-0.25, -0.2) is 4.98 Å². The largest absolute Gasteiger partial charge is 0.336 e. The van der Waals surface area contributed by atoms with E-state index in [0.717, 1.165) is 27.9 Å². The molecule has 5 heteroatoms. The molecule has 0 unspecified atom stereocenters. The van der Waals surface area contributed by atoms with Gasteiger partial charge in [0.1, 0.15) is 0 Å². The van der Waals surface area contributed by atoms with E-state index in [4.69, 9.17) is 10.3 Å². The first kappa shape index (κ1) is 11.9. The van der Waals surface area contributed by atoms with Crippen LogP contribution in [0.1, 0.15) is 22.5 Å². The van der Waals surface area contributed by atoms with Crippen molar-refractivity contribution in [2.24, 2.45) is 5.73 Å². The highest BCUT2D eigenvalue weighted by molar-refractivity contribution is 5.85. The molecule has 2 N–H and O–H groups in total. The molecule has 2 rings (SSSR count). The quantitative estimate of drug-likeness (QED) is 0.810. The van der Waals surface area contributed by atoms with Crippen LogP contribution in [-0.2, 0) is 6.54 Å². The summed E-state index contributed by atoms with van der Waals surface area (Å²) in [6.07, 6.45) is 0. The molecule has 0 bridgehead atoms. The van der Waals surface area contributed by atoms with Crippen LogP contribution >= 0.6 is 12.4 Å². The van der Waals surface area contributed by atoms with E-state index >= 15 is 0 Å². The minimum Gasteiger partial charge on any atom is -0.336 e. The van der Waals surface area contributed by atoms with Crippen LogP contribution in [0.5, 0.6) is 0 Å². The highest BCUT2D eigenvalue weighted by Crippen LogP contribution is 2.24. The van der Waals surface area contributed by atoms with Crippen molar-refractivity contribution in [3.05, 3.63) is 22.5 Å². The van der Waals surface area contributed by atoms with Crippen molar-refractivity contribution >= 4 is 23.5 Å². The van der Waals surface area contributed by atoms with Gasteiger partial charge in [-0.3, -0.25) is 0 Å². The summed E-state index contributed by atoms with van der Waals surface area (Å²) in [5.41, 5.74) is 10.3. The van der Waals surface area contributed by atoms with Gasteiger partial charge in [0.2, 0.25) is 0 Å². The van der Waals surface area contributed by atoms with Crippen LogP contribution in [0.15, 0.2) is 4.52 Å². The molecular weight excluding hydrogens is 214 g/mol. The Balaban J connectivity index is 0.00000112. The van der Waals surface area contributed by atoms with Crippen molar-refractivity contribution in [3.8, 4) is 0 Å². The van der Waals surface area contributed by atoms with Gasteiger partial charge in [-0.05, 0) is 31.9 Å². The van der Waals surface area contributed by atoms with Crippen molar-refractivity contribution < 1.29 is 4.52 Å². The highest BCUT2D eigenvalue weighted by Gasteiger charge is 2.13. The van der Waals surface area contributed by atoms with E-state index in [1.54, 1.807) is 0 Å². The molecule has 0 saturated carbocycles. The molecule has 2 aromatic heterocycles. The Kier molecular flexibility index (Phi) is 3.31. The third-order valence-corrected chi connectivity index (χ3v) is 2.58. The zero-order valence-electron chi connectivity index (χ0n) is 9.00. The fraction of sp³-hybridized carbons (Fsp3) is 0.400. The fourth-order valence-electron chi connectivity index (χ4n) is 1.81. The summed E-state index contributed by atoms with van der Waals surface area (Å²) in [6.45, 7) is 6.39. The van der Waals surface area contributed by atoms with Crippen LogP contribution in [0, 0.1) is 20.8 Å². The Labute approximate surface area is 94.3 Å². The highest BCUT2D eigenvalue weighted by atomic mass is 35.5. The first-order chi connectivity index (χ1) is 6.65. The predicted molar refractivity (Wildman–Crippen MR) is 61.2 cm³/mol. The van der Waals surface area contributed by atoms with Crippen LogP contribution in [-0.4, -0.2) is 10.1 Å². The summed E-state index contributed by atoms with van der Waals surface area (Å²) >= 11 is 0. The molecule has 2 heterocycles. The molecule has 0 aliphatic heterocycles. The molecule has 0 aliphatic carbocycles. The maximum Gasteiger partial charge on any atom is 0.258 e. The monoisotopic (exact) mass is 227 g/mol. The molecule has 0 aliphatic rings. The second-order valence-electron chi connectivity index (χ2n) is 3.45. The number of fused-ring (bicyclic) bond motifs is 1. The van der Waals surface area contributed by atoms with Crippen molar-refractivity contribution in [2.75, 3.05) is 0 Å². The number of hydrogen-bond acceptors (Lipinski definition) is 4. The van der Waals surface area contributed by atoms with Crippen LogP contribution < -0.4 is 5.73 Å². The lowest BCUT2D eigenvalue weighted by Crippen LogP contribution is -2.04. The van der Waals surface area contributed by atoms with Gasteiger partial charge in [-0.1, -0.05) is 5.16 Å². The maximum atomic E-state index is 5.67. The minimum atomic E-state index is 0. The smallest absolute Gasteiger partial charge is 0.258 e. The minimum absolute atomic E-state index is 0. The third kappa shape index (κ3) is 1.70. The molecular formula is C10H14ClN3O. The van der Waals surface area contributed by atoms with Gasteiger partial charge in [0, 0.05) is 12.2 Å². The first-order valence-corrected chi connectivity index (χ1v) is 4.57. The summed E-state index contributed by atoms with van der Waals surface area (Å²) < 4.78 is 5.11. The van der Waals surface area contributed by atoms with Gasteiger partial charge in [0.15, 0.2) is 0 Å². The van der Waals surface area contributed by atoms with Gasteiger partial charge in [-0.15, -0.1) is 12.4 Å². The molecule has 2 aromatic rings. The van der Waals surface area contributed by atoms with Crippen molar-refractivity contribution in [3.63, 3.8) is 0 Å². The van der Waals surface area contributed by atoms with Crippen molar-refractivity contribution in [1.29, 1.82) is 0 Å². The maximum absolute atomic E-state index is 5.67. The molecule has 0 atom stereocenters. The van der Waals surface area contributed by atoms with Gasteiger partial charge in [-0.2, -0.15) is 0 Å². The van der Waals surface area contributed by atoms with Gasteiger partial charge in [0.25, 0.3) is 5.71 Å². The van der Waals surface area contributed by atoms with E-state index in [-0.39, 0.29) is 12.4 Å². The number of hydrogen-bond donors (Lipinski definition) is 1. The number of rotatable bonds is 1. The topological polar surface area (TPSA) is 64.9 Å². The van der Waals surface area contributed by atoms with Crippen molar-refractivity contribution in [1.82, 2.24) is 10.1 Å². The lowest BCUT2D eigenvalue weighted by Gasteiger charge is -2.06. The Morgan fingerprint density at radius 3 is 2.47 bits per heavy atom. The standard InChI is InChI=1S/C10H13N3O.ClH/c1-5-8(4-11)6(2)12-10-9(5)7(3)13-14-10;/h4,11H2,1-3H3;1H. The number of halogens is 1. The van der Waals surface area contributed by atoms with Gasteiger partial charge < -0.3 is 10.3 Å². The molecule has 0 radical (unpaired) electrons. The molecule has 82 valence electrons. The Hall–Kier alpha value is -1.13. The molecule has 0 aromatic carbocycles. The fourth-order valence-corrected chi connectivity index (χ4v) is 1.81. The van der Waals surface area contributed by atoms with E-state index < -0.39 is 0 Å². The third-order valence-electron chi connectivity index (χ3n) is 2.58. The number of pyridine rings is 1. The van der Waals surface area contributed by atoms with E-state index in [9.17, 15) is 0 Å². The normalized spacial score (nSPS) is 10.4. The van der Waals surface area contributed by atoms with Gasteiger partial charge in [0.05, 0.1) is 11.1 Å². The number of nitrogens with two attached hydrogens (primary N) is 1. The van der Waals surface area contributed by atoms with Crippen LogP contribution in [0.4, 0.5) is 0 Å². The molecule has 0 amide bonds. The molecule has 0 spiro atoms. The first-order valence-electron chi connectivity index (χ1n) is 4.57. The van der Waals surface area contributed by atoms with E-state index in [2.05, 4.69) is 10.1 Å². The van der Waals surface area contributed by atoms with Gasteiger partial charge >= 0.3 is 0 Å². The van der Waals surface area contributed by atoms with Crippen LogP contribution in [0.25, 0.3) is 11.1 Å². The summed E-state index contributed by atoms with van der Waals surface area (Å²) in [6, 6.07) is 0. The lowest BCUT2D eigenvalue weighted by atomic mass is 10.0. The van der Waals surface area contributed by atoms with E-state index in [0.29, 0.717) is 12.3 Å². The van der Waals surface area contributed by atoms with E-state index in [1.165, 1.54) is 0 Å². The Morgan fingerprint density at radius 1 is 1.20 bits per heavy atom. The number of aryl methyl sites for hydroxylation is 3. The second-order valence-corrected chi connectivity index (χ2v) is 3.45. The average Bonchev–Trinajstić information content (AvgIpc) is 2.48. The molecule has 15 heavy (non-hydrogen) atoms. The SMILES string of the molecule is Cc1nc2onc(C)c2c(C)c1CN.Cl. The lowest BCUT2D eigenvalue weighted by molar-refractivity contribution is 0.442. The predicted octanol–water partition coefficient (Wildman–Crippen LogP) is 2.03. The average molecular weight is 228 g/mol. The number of aromatic nitrogens is 2. The van der Waals surface area contributed by atoms with Crippen molar-refractivity contribution in [2.45, 2.75) is 27.3 Å². The second kappa shape index (κ2) is 4.16. The van der Waals surface area contributed by atoms with Crippen LogP contribution in [0.3, 0.4) is 0 Å². The van der Waals surface area contributed by atoms with Crippen LogP contribution in [0.2, 0.25) is 0 Å². The number of nitrogens with zero attached hydrogens (tertiary/aromatic N) is 2. The van der Waals surface area contributed by atoms with E-state index in [1.807, 2.05) is 20.8 Å². The summed E-state index contributed by atoms with van der Waals surface area (Å²) in [5.74, 6) is 0. The summed E-state index contributed by atoms with van der Waals surface area (Å²) in [4.78, 5) is 4.32. The zero-order valence-corrected chi connectivity index (χ0v) is 9.81. The molecule has 0 fully saturated rings.